The molecule has 3 heteroatoms. The molecule has 2 nitrogen and oxygen atoms in total. The van der Waals surface area contributed by atoms with Gasteiger partial charge in [0.05, 0.1) is 0 Å². The maximum absolute atomic E-state index is 9.85. The lowest BCUT2D eigenvalue weighted by atomic mass is 9.70. The first-order valence-corrected chi connectivity index (χ1v) is 8.67. The number of rotatable bonds is 4. The Morgan fingerprint density at radius 2 is 1.88 bits per heavy atom. The Bertz CT molecular complexity index is 645. The predicted octanol–water partition coefficient (Wildman–Crippen LogP) is 4.95. The first-order chi connectivity index (χ1) is 11.1. The van der Waals surface area contributed by atoms with E-state index in [1.807, 2.05) is 12.1 Å². The van der Waals surface area contributed by atoms with E-state index in [4.69, 9.17) is 0 Å². The molecule has 3 rings (SSSR count). The van der Waals surface area contributed by atoms with Gasteiger partial charge in [-0.15, -0.1) is 17.0 Å². The van der Waals surface area contributed by atoms with Crippen molar-refractivity contribution < 1.29 is 5.11 Å². The maximum atomic E-state index is 9.85. The van der Waals surface area contributed by atoms with Crippen LogP contribution in [0.25, 0.3) is 0 Å². The number of nitrogens with zero attached hydrogens (tertiary/aromatic N) is 1. The zero-order valence-electron chi connectivity index (χ0n) is 14.6. The summed E-state index contributed by atoms with van der Waals surface area (Å²) in [4.78, 5) is 2.61. The van der Waals surface area contributed by atoms with Gasteiger partial charge in [0.1, 0.15) is 5.75 Å². The molecule has 2 aromatic carbocycles. The fraction of sp³-hybridized carbons (Fsp3) is 0.429. The summed E-state index contributed by atoms with van der Waals surface area (Å²) in [6.07, 6.45) is 3.49. The van der Waals surface area contributed by atoms with Crippen molar-refractivity contribution in [3.8, 4) is 5.75 Å². The Kier molecular flexibility index (Phi) is 6.47. The molecule has 1 aliphatic heterocycles. The van der Waals surface area contributed by atoms with Gasteiger partial charge in [-0.2, -0.15) is 0 Å². The van der Waals surface area contributed by atoms with Crippen LogP contribution in [0.5, 0.6) is 5.75 Å². The number of hydrogen-bond acceptors (Lipinski definition) is 2. The van der Waals surface area contributed by atoms with Gasteiger partial charge in [0.2, 0.25) is 0 Å². The van der Waals surface area contributed by atoms with Gasteiger partial charge in [0, 0.05) is 18.0 Å². The minimum absolute atomic E-state index is 0. The summed E-state index contributed by atoms with van der Waals surface area (Å²) in [5.74, 6) is 0.373. The number of hydrogen-bond donors (Lipinski definition) is 1. The molecule has 1 N–H and O–H groups in total. The summed E-state index contributed by atoms with van der Waals surface area (Å²) in [7, 11) is 0. The molecule has 2 atom stereocenters. The van der Waals surface area contributed by atoms with E-state index >= 15 is 0 Å². The van der Waals surface area contributed by atoms with Gasteiger partial charge < -0.3 is 5.11 Å². The van der Waals surface area contributed by atoms with E-state index in [1.54, 1.807) is 6.07 Å². The van der Waals surface area contributed by atoms with Crippen molar-refractivity contribution >= 4 is 17.0 Å². The van der Waals surface area contributed by atoms with Crippen LogP contribution in [-0.4, -0.2) is 29.1 Å². The highest BCUT2D eigenvalue weighted by molar-refractivity contribution is 8.93. The molecule has 2 unspecified atom stereocenters. The lowest BCUT2D eigenvalue weighted by molar-refractivity contribution is 0.0884. The minimum Gasteiger partial charge on any atom is -0.508 e. The number of halogens is 1. The van der Waals surface area contributed by atoms with Gasteiger partial charge in [0.25, 0.3) is 0 Å². The third kappa shape index (κ3) is 4.01. The largest absolute Gasteiger partial charge is 0.508 e. The van der Waals surface area contributed by atoms with Gasteiger partial charge in [-0.1, -0.05) is 49.4 Å². The minimum atomic E-state index is 0. The second-order valence-corrected chi connectivity index (χ2v) is 7.02. The van der Waals surface area contributed by atoms with Gasteiger partial charge in [-0.05, 0) is 56.0 Å². The molecule has 0 amide bonds. The Morgan fingerprint density at radius 1 is 1.12 bits per heavy atom. The van der Waals surface area contributed by atoms with E-state index in [9.17, 15) is 5.11 Å². The van der Waals surface area contributed by atoms with Gasteiger partial charge in [0.15, 0.2) is 0 Å². The van der Waals surface area contributed by atoms with E-state index in [1.165, 1.54) is 30.5 Å². The van der Waals surface area contributed by atoms with Crippen molar-refractivity contribution in [1.29, 1.82) is 0 Å². The molecule has 1 heterocycles. The highest BCUT2D eigenvalue weighted by atomic mass is 79.9. The molecular formula is C21H28BrNO. The highest BCUT2D eigenvalue weighted by Crippen LogP contribution is 2.39. The van der Waals surface area contributed by atoms with Crippen molar-refractivity contribution in [2.75, 3.05) is 13.1 Å². The molecule has 1 fully saturated rings. The number of aromatic hydroxyl groups is 1. The molecule has 0 spiro atoms. The van der Waals surface area contributed by atoms with Crippen LogP contribution in [0, 0.1) is 0 Å². The topological polar surface area (TPSA) is 23.5 Å². The average molecular weight is 390 g/mol. The third-order valence-electron chi connectivity index (χ3n) is 5.65. The zero-order chi connectivity index (χ0) is 16.3. The Labute approximate surface area is 156 Å². The van der Waals surface area contributed by atoms with Crippen molar-refractivity contribution in [1.82, 2.24) is 4.90 Å². The predicted molar refractivity (Wildman–Crippen MR) is 106 cm³/mol. The van der Waals surface area contributed by atoms with Crippen LogP contribution in [0.1, 0.15) is 37.8 Å². The summed E-state index contributed by atoms with van der Waals surface area (Å²) < 4.78 is 0. The van der Waals surface area contributed by atoms with Crippen LogP contribution in [0.3, 0.4) is 0 Å². The molecule has 0 saturated carbocycles. The first kappa shape index (κ1) is 19.0. The molecule has 24 heavy (non-hydrogen) atoms. The van der Waals surface area contributed by atoms with Crippen molar-refractivity contribution in [2.45, 2.75) is 44.6 Å². The lowest BCUT2D eigenvalue weighted by Gasteiger charge is -2.47. The zero-order valence-corrected chi connectivity index (χ0v) is 16.3. The van der Waals surface area contributed by atoms with E-state index < -0.39 is 0 Å². The molecule has 0 aliphatic carbocycles. The molecule has 0 bridgehead atoms. The summed E-state index contributed by atoms with van der Waals surface area (Å²) in [6.45, 7) is 6.96. The summed E-state index contributed by atoms with van der Waals surface area (Å²) in [6, 6.07) is 19.0. The molecule has 1 saturated heterocycles. The number of piperidine rings is 1. The molecule has 2 aromatic rings. The van der Waals surface area contributed by atoms with Crippen LogP contribution < -0.4 is 0 Å². The number of phenols is 1. The van der Waals surface area contributed by atoms with Gasteiger partial charge in [-0.3, -0.25) is 4.90 Å². The monoisotopic (exact) mass is 389 g/mol. The summed E-state index contributed by atoms with van der Waals surface area (Å²) >= 11 is 0. The lowest BCUT2D eigenvalue weighted by Crippen LogP contribution is -2.52. The van der Waals surface area contributed by atoms with Crippen LogP contribution in [0.4, 0.5) is 0 Å². The van der Waals surface area contributed by atoms with Crippen molar-refractivity contribution in [3.05, 3.63) is 65.7 Å². The maximum Gasteiger partial charge on any atom is 0.115 e. The summed E-state index contributed by atoms with van der Waals surface area (Å²) in [5, 5.41) is 9.85. The summed E-state index contributed by atoms with van der Waals surface area (Å²) in [5.41, 5.74) is 2.77. The van der Waals surface area contributed by atoms with Crippen LogP contribution in [0.15, 0.2) is 54.6 Å². The van der Waals surface area contributed by atoms with Gasteiger partial charge in [-0.25, -0.2) is 0 Å². The van der Waals surface area contributed by atoms with Crippen LogP contribution >= 0.6 is 17.0 Å². The fourth-order valence-corrected chi connectivity index (χ4v) is 3.92. The van der Waals surface area contributed by atoms with E-state index in [0.29, 0.717) is 11.8 Å². The Balaban J connectivity index is 0.00000208. The highest BCUT2D eigenvalue weighted by Gasteiger charge is 2.39. The average Bonchev–Trinajstić information content (AvgIpc) is 2.57. The van der Waals surface area contributed by atoms with E-state index in [0.717, 1.165) is 13.0 Å². The number of phenolic OH excluding ortho intramolecular Hbond substituents is 1. The molecule has 130 valence electrons. The standard InChI is InChI=1S/C21H27NO.BrH/c1-17-21(2,19-10-6-11-20(23)16-19)13-7-14-22(17)15-12-18-8-4-3-5-9-18;/h3-6,8-11,16-17,23H,7,12-15H2,1-2H3;1H. The fourth-order valence-electron chi connectivity index (χ4n) is 3.92. The Morgan fingerprint density at radius 3 is 2.58 bits per heavy atom. The molecule has 0 aromatic heterocycles. The van der Waals surface area contributed by atoms with Crippen LogP contribution in [-0.2, 0) is 11.8 Å². The first-order valence-electron chi connectivity index (χ1n) is 8.67. The SMILES string of the molecule is Br.CC1N(CCc2ccccc2)CCCC1(C)c1cccc(O)c1. The van der Waals surface area contributed by atoms with E-state index in [-0.39, 0.29) is 22.4 Å². The van der Waals surface area contributed by atoms with Crippen molar-refractivity contribution in [3.63, 3.8) is 0 Å². The molecular weight excluding hydrogens is 362 g/mol. The normalized spacial score (nSPS) is 24.3. The van der Waals surface area contributed by atoms with Crippen LogP contribution in [0.2, 0.25) is 0 Å². The molecule has 0 radical (unpaired) electrons. The number of benzene rings is 2. The van der Waals surface area contributed by atoms with Gasteiger partial charge >= 0.3 is 0 Å². The quantitative estimate of drug-likeness (QED) is 0.798. The Hall–Kier alpha value is -1.32. The second kappa shape index (κ2) is 8.17. The second-order valence-electron chi connectivity index (χ2n) is 7.02. The van der Waals surface area contributed by atoms with E-state index in [2.05, 4.69) is 55.1 Å². The number of likely N-dealkylation sites (tertiary alicyclic amines) is 1. The third-order valence-corrected chi connectivity index (χ3v) is 5.65. The smallest absolute Gasteiger partial charge is 0.115 e. The van der Waals surface area contributed by atoms with Crippen molar-refractivity contribution in [2.24, 2.45) is 0 Å². The molecule has 1 aliphatic rings.